The molecule has 1 aliphatic heterocycles. The summed E-state index contributed by atoms with van der Waals surface area (Å²) in [6, 6.07) is 4.87. The molecule has 1 atom stereocenters. The standard InChI is InChI=1S/C14H16N2O4/c1-20-12-4-2-3-9(10(12)8-17)7-15-11-5-6-13(18)16-14(11)19/h2-4,8,11,15H,5-7H2,1H3,(H,16,18,19). The van der Waals surface area contributed by atoms with Gasteiger partial charge in [0.1, 0.15) is 5.75 Å². The van der Waals surface area contributed by atoms with E-state index in [1.807, 2.05) is 0 Å². The molecule has 0 spiro atoms. The fourth-order valence-electron chi connectivity index (χ4n) is 2.18. The number of aldehydes is 1. The molecule has 2 N–H and O–H groups in total. The van der Waals surface area contributed by atoms with Gasteiger partial charge >= 0.3 is 0 Å². The number of benzene rings is 1. The van der Waals surface area contributed by atoms with Gasteiger partial charge < -0.3 is 10.1 Å². The van der Waals surface area contributed by atoms with E-state index >= 15 is 0 Å². The van der Waals surface area contributed by atoms with E-state index < -0.39 is 6.04 Å². The number of imide groups is 1. The summed E-state index contributed by atoms with van der Waals surface area (Å²) in [6.45, 7) is 0.359. The van der Waals surface area contributed by atoms with Crippen LogP contribution in [0.4, 0.5) is 0 Å². The lowest BCUT2D eigenvalue weighted by Crippen LogP contribution is -2.50. The molecule has 1 saturated heterocycles. The van der Waals surface area contributed by atoms with Crippen LogP contribution in [-0.4, -0.2) is 31.3 Å². The fourth-order valence-corrected chi connectivity index (χ4v) is 2.18. The third-order valence-corrected chi connectivity index (χ3v) is 3.27. The number of amides is 2. The molecule has 106 valence electrons. The molecule has 2 rings (SSSR count). The van der Waals surface area contributed by atoms with Crippen LogP contribution in [0.15, 0.2) is 18.2 Å². The highest BCUT2D eigenvalue weighted by Crippen LogP contribution is 2.20. The predicted octanol–water partition coefficient (Wildman–Crippen LogP) is 0.402. The van der Waals surface area contributed by atoms with Crippen LogP contribution in [-0.2, 0) is 16.1 Å². The molecule has 1 unspecified atom stereocenters. The van der Waals surface area contributed by atoms with Crippen molar-refractivity contribution >= 4 is 18.1 Å². The van der Waals surface area contributed by atoms with Crippen molar-refractivity contribution in [3.63, 3.8) is 0 Å². The number of hydrogen-bond acceptors (Lipinski definition) is 5. The maximum absolute atomic E-state index is 11.6. The summed E-state index contributed by atoms with van der Waals surface area (Å²) in [5.74, 6) is -0.0672. The summed E-state index contributed by atoms with van der Waals surface area (Å²) in [7, 11) is 1.50. The first-order chi connectivity index (χ1) is 9.65. The molecule has 1 fully saturated rings. The molecular weight excluding hydrogens is 260 g/mol. The highest BCUT2D eigenvalue weighted by molar-refractivity contribution is 6.00. The zero-order valence-corrected chi connectivity index (χ0v) is 11.1. The summed E-state index contributed by atoms with van der Waals surface area (Å²) in [6.07, 6.45) is 1.52. The minimum absolute atomic E-state index is 0.247. The van der Waals surface area contributed by atoms with E-state index in [1.165, 1.54) is 7.11 Å². The average Bonchev–Trinajstić information content (AvgIpc) is 2.45. The largest absolute Gasteiger partial charge is 0.496 e. The van der Waals surface area contributed by atoms with Crippen molar-refractivity contribution in [2.24, 2.45) is 0 Å². The Morgan fingerprint density at radius 2 is 2.25 bits per heavy atom. The molecule has 0 radical (unpaired) electrons. The number of carbonyl (C=O) groups excluding carboxylic acids is 3. The van der Waals surface area contributed by atoms with Crippen molar-refractivity contribution in [1.82, 2.24) is 10.6 Å². The molecule has 0 aromatic heterocycles. The summed E-state index contributed by atoms with van der Waals surface area (Å²) in [5, 5.41) is 5.34. The molecule has 1 aromatic carbocycles. The van der Waals surface area contributed by atoms with Crippen LogP contribution in [0.25, 0.3) is 0 Å². The molecule has 20 heavy (non-hydrogen) atoms. The Labute approximate surface area is 116 Å². The van der Waals surface area contributed by atoms with Gasteiger partial charge in [0.15, 0.2) is 6.29 Å². The lowest BCUT2D eigenvalue weighted by molar-refractivity contribution is -0.134. The van der Waals surface area contributed by atoms with Crippen LogP contribution in [0.5, 0.6) is 5.75 Å². The lowest BCUT2D eigenvalue weighted by Gasteiger charge is -2.22. The molecule has 1 aromatic rings. The van der Waals surface area contributed by atoms with Gasteiger partial charge in [-0.3, -0.25) is 19.7 Å². The van der Waals surface area contributed by atoms with E-state index in [0.717, 1.165) is 11.8 Å². The Morgan fingerprint density at radius 3 is 2.90 bits per heavy atom. The number of methoxy groups -OCH3 is 1. The number of hydrogen-bond donors (Lipinski definition) is 2. The van der Waals surface area contributed by atoms with Gasteiger partial charge in [0, 0.05) is 13.0 Å². The van der Waals surface area contributed by atoms with Gasteiger partial charge in [-0.15, -0.1) is 0 Å². The molecule has 1 heterocycles. The van der Waals surface area contributed by atoms with Crippen LogP contribution >= 0.6 is 0 Å². The maximum Gasteiger partial charge on any atom is 0.243 e. The van der Waals surface area contributed by atoms with E-state index in [9.17, 15) is 14.4 Å². The fraction of sp³-hybridized carbons (Fsp3) is 0.357. The third kappa shape index (κ3) is 3.03. The molecule has 2 amide bonds. The Hall–Kier alpha value is -2.21. The maximum atomic E-state index is 11.6. The molecule has 0 aliphatic carbocycles. The second-order valence-corrected chi connectivity index (χ2v) is 4.54. The van der Waals surface area contributed by atoms with Crippen LogP contribution in [0.3, 0.4) is 0 Å². The van der Waals surface area contributed by atoms with Crippen molar-refractivity contribution in [1.29, 1.82) is 0 Å². The topological polar surface area (TPSA) is 84.5 Å². The van der Waals surface area contributed by atoms with E-state index in [2.05, 4.69) is 10.6 Å². The first kappa shape index (κ1) is 14.2. The number of rotatable bonds is 5. The highest BCUT2D eigenvalue weighted by Gasteiger charge is 2.26. The van der Waals surface area contributed by atoms with Gasteiger partial charge in [-0.05, 0) is 18.1 Å². The molecule has 6 heteroatoms. The Balaban J connectivity index is 2.06. The second kappa shape index (κ2) is 6.29. The monoisotopic (exact) mass is 276 g/mol. The van der Waals surface area contributed by atoms with Crippen molar-refractivity contribution in [3.05, 3.63) is 29.3 Å². The van der Waals surface area contributed by atoms with Gasteiger partial charge in [0.05, 0.1) is 18.7 Å². The average molecular weight is 276 g/mol. The predicted molar refractivity (Wildman–Crippen MR) is 71.4 cm³/mol. The molecular formula is C14H16N2O4. The summed E-state index contributed by atoms with van der Waals surface area (Å²) >= 11 is 0. The summed E-state index contributed by atoms with van der Waals surface area (Å²) in [4.78, 5) is 33.8. The summed E-state index contributed by atoms with van der Waals surface area (Å²) < 4.78 is 5.12. The van der Waals surface area contributed by atoms with E-state index in [1.54, 1.807) is 18.2 Å². The molecule has 0 bridgehead atoms. The highest BCUT2D eigenvalue weighted by atomic mass is 16.5. The zero-order chi connectivity index (χ0) is 14.5. The van der Waals surface area contributed by atoms with Crippen molar-refractivity contribution < 1.29 is 19.1 Å². The van der Waals surface area contributed by atoms with Crippen molar-refractivity contribution in [3.8, 4) is 5.75 Å². The quantitative estimate of drug-likeness (QED) is 0.601. The zero-order valence-electron chi connectivity index (χ0n) is 11.1. The van der Waals surface area contributed by atoms with E-state index in [-0.39, 0.29) is 11.8 Å². The normalized spacial score (nSPS) is 18.6. The van der Waals surface area contributed by atoms with Crippen molar-refractivity contribution in [2.75, 3.05) is 7.11 Å². The minimum atomic E-state index is -0.418. The Kier molecular flexibility index (Phi) is 4.47. The van der Waals surface area contributed by atoms with Gasteiger partial charge in [-0.25, -0.2) is 0 Å². The number of carbonyl (C=O) groups is 3. The SMILES string of the molecule is COc1cccc(CNC2CCC(=O)NC2=O)c1C=O. The Bertz CT molecular complexity index is 542. The van der Waals surface area contributed by atoms with Gasteiger partial charge in [-0.2, -0.15) is 0 Å². The van der Waals surface area contributed by atoms with Crippen LogP contribution < -0.4 is 15.4 Å². The van der Waals surface area contributed by atoms with Gasteiger partial charge in [-0.1, -0.05) is 12.1 Å². The first-order valence-electron chi connectivity index (χ1n) is 6.34. The number of piperidine rings is 1. The van der Waals surface area contributed by atoms with Crippen molar-refractivity contribution in [2.45, 2.75) is 25.4 Å². The number of ether oxygens (including phenoxy) is 1. The molecule has 6 nitrogen and oxygen atoms in total. The molecule has 1 aliphatic rings. The molecule has 0 saturated carbocycles. The van der Waals surface area contributed by atoms with Crippen LogP contribution in [0.2, 0.25) is 0 Å². The van der Waals surface area contributed by atoms with Gasteiger partial charge in [0.2, 0.25) is 11.8 Å². The van der Waals surface area contributed by atoms with Crippen LogP contribution in [0, 0.1) is 0 Å². The second-order valence-electron chi connectivity index (χ2n) is 4.54. The summed E-state index contributed by atoms with van der Waals surface area (Å²) in [5.41, 5.74) is 1.22. The lowest BCUT2D eigenvalue weighted by atomic mass is 10.0. The van der Waals surface area contributed by atoms with E-state index in [0.29, 0.717) is 30.7 Å². The minimum Gasteiger partial charge on any atom is -0.496 e. The number of nitrogens with one attached hydrogen (secondary N) is 2. The van der Waals surface area contributed by atoms with Crippen LogP contribution in [0.1, 0.15) is 28.8 Å². The smallest absolute Gasteiger partial charge is 0.243 e. The Morgan fingerprint density at radius 1 is 1.45 bits per heavy atom. The van der Waals surface area contributed by atoms with E-state index in [4.69, 9.17) is 4.74 Å². The third-order valence-electron chi connectivity index (χ3n) is 3.27. The first-order valence-corrected chi connectivity index (χ1v) is 6.34. The van der Waals surface area contributed by atoms with Gasteiger partial charge in [0.25, 0.3) is 0 Å².